The minimum Gasteiger partial charge on any atom is -0.444 e. The van der Waals surface area contributed by atoms with Crippen molar-refractivity contribution in [3.63, 3.8) is 0 Å². The third kappa shape index (κ3) is 4.40. The first-order chi connectivity index (χ1) is 8.21. The van der Waals surface area contributed by atoms with Gasteiger partial charge in [0, 0.05) is 15.8 Å². The van der Waals surface area contributed by atoms with Gasteiger partial charge in [0.05, 0.1) is 0 Å². The van der Waals surface area contributed by atoms with E-state index < -0.39 is 17.6 Å². The molecular weight excluding hydrogens is 350 g/mol. The first kappa shape index (κ1) is 15.1. The molecule has 0 aliphatic rings. The first-order valence-corrected chi connectivity index (χ1v) is 6.58. The summed E-state index contributed by atoms with van der Waals surface area (Å²) < 4.78 is 18.8. The number of nitrogens with zero attached hydrogens (tertiary/aromatic N) is 1. The molecule has 1 rings (SSSR count). The Morgan fingerprint density at radius 2 is 2.28 bits per heavy atom. The van der Waals surface area contributed by atoms with Crippen molar-refractivity contribution in [3.05, 3.63) is 27.3 Å². The number of halogens is 2. The van der Waals surface area contributed by atoms with Crippen molar-refractivity contribution >= 4 is 28.7 Å². The summed E-state index contributed by atoms with van der Waals surface area (Å²) in [6, 6.07) is 1.38. The Kier molecular flexibility index (Phi) is 4.89. The highest BCUT2D eigenvalue weighted by Gasteiger charge is 2.26. The SMILES string of the molecule is CC(CC(C)(C)OC(N)=O)c1cnc(F)cc1I. The fourth-order valence-corrected chi connectivity index (χ4v) is 2.87. The zero-order valence-corrected chi connectivity index (χ0v) is 12.7. The maximum Gasteiger partial charge on any atom is 0.405 e. The number of carbonyl (C=O) groups excluding carboxylic acids is 1. The molecule has 18 heavy (non-hydrogen) atoms. The molecule has 0 bridgehead atoms. The van der Waals surface area contributed by atoms with E-state index in [-0.39, 0.29) is 5.92 Å². The third-order valence-corrected chi connectivity index (χ3v) is 3.49. The topological polar surface area (TPSA) is 65.2 Å². The van der Waals surface area contributed by atoms with E-state index in [1.54, 1.807) is 13.8 Å². The largest absolute Gasteiger partial charge is 0.444 e. The summed E-state index contributed by atoms with van der Waals surface area (Å²) in [6.07, 6.45) is 1.31. The van der Waals surface area contributed by atoms with Gasteiger partial charge in [0.1, 0.15) is 5.60 Å². The van der Waals surface area contributed by atoms with Crippen LogP contribution in [0.3, 0.4) is 0 Å². The number of ether oxygens (including phenoxy) is 1. The van der Waals surface area contributed by atoms with Gasteiger partial charge in [0.25, 0.3) is 0 Å². The molecule has 0 aliphatic carbocycles. The lowest BCUT2D eigenvalue weighted by molar-refractivity contribution is 0.0348. The Morgan fingerprint density at radius 1 is 1.67 bits per heavy atom. The van der Waals surface area contributed by atoms with E-state index in [0.717, 1.165) is 9.13 Å². The van der Waals surface area contributed by atoms with Gasteiger partial charge in [-0.25, -0.2) is 9.78 Å². The molecule has 100 valence electrons. The normalized spacial score (nSPS) is 13.2. The van der Waals surface area contributed by atoms with Gasteiger partial charge < -0.3 is 10.5 Å². The summed E-state index contributed by atoms with van der Waals surface area (Å²) in [5, 5.41) is 0. The monoisotopic (exact) mass is 366 g/mol. The van der Waals surface area contributed by atoms with Crippen LogP contribution in [0.2, 0.25) is 0 Å². The molecule has 0 aromatic carbocycles. The summed E-state index contributed by atoms with van der Waals surface area (Å²) in [5.74, 6) is -0.414. The predicted molar refractivity (Wildman–Crippen MR) is 74.7 cm³/mol. The van der Waals surface area contributed by atoms with Gasteiger partial charge in [0.2, 0.25) is 5.95 Å². The van der Waals surface area contributed by atoms with Crippen molar-refractivity contribution in [1.82, 2.24) is 4.98 Å². The Balaban J connectivity index is 2.81. The lowest BCUT2D eigenvalue weighted by atomic mass is 9.90. The van der Waals surface area contributed by atoms with Crippen LogP contribution in [0.15, 0.2) is 12.3 Å². The zero-order valence-electron chi connectivity index (χ0n) is 10.5. The quantitative estimate of drug-likeness (QED) is 0.658. The molecule has 1 aromatic rings. The average Bonchev–Trinajstić information content (AvgIpc) is 2.13. The van der Waals surface area contributed by atoms with Crippen LogP contribution < -0.4 is 5.73 Å². The fraction of sp³-hybridized carbons (Fsp3) is 0.500. The van der Waals surface area contributed by atoms with Gasteiger partial charge in [0.15, 0.2) is 0 Å². The van der Waals surface area contributed by atoms with Gasteiger partial charge in [-0.1, -0.05) is 6.92 Å². The summed E-state index contributed by atoms with van der Waals surface area (Å²) in [6.45, 7) is 5.55. The van der Waals surface area contributed by atoms with E-state index in [0.29, 0.717) is 6.42 Å². The molecule has 1 aromatic heterocycles. The fourth-order valence-electron chi connectivity index (χ4n) is 1.94. The molecule has 1 unspecified atom stereocenters. The van der Waals surface area contributed by atoms with E-state index in [1.165, 1.54) is 12.3 Å². The van der Waals surface area contributed by atoms with Gasteiger partial charge in [-0.15, -0.1) is 0 Å². The maximum absolute atomic E-state index is 12.9. The molecule has 0 radical (unpaired) electrons. The van der Waals surface area contributed by atoms with Crippen LogP contribution in [0.4, 0.5) is 9.18 Å². The van der Waals surface area contributed by atoms with Crippen molar-refractivity contribution < 1.29 is 13.9 Å². The second-order valence-electron chi connectivity index (χ2n) is 4.81. The lowest BCUT2D eigenvalue weighted by Crippen LogP contribution is -2.32. The van der Waals surface area contributed by atoms with Crippen LogP contribution in [0, 0.1) is 9.52 Å². The third-order valence-electron chi connectivity index (χ3n) is 2.55. The van der Waals surface area contributed by atoms with Gasteiger partial charge in [-0.05, 0) is 54.3 Å². The molecule has 0 saturated carbocycles. The number of hydrogen-bond acceptors (Lipinski definition) is 3. The van der Waals surface area contributed by atoms with Crippen LogP contribution in [0.5, 0.6) is 0 Å². The van der Waals surface area contributed by atoms with Gasteiger partial charge >= 0.3 is 6.09 Å². The molecule has 6 heteroatoms. The summed E-state index contributed by atoms with van der Waals surface area (Å²) in [4.78, 5) is 14.4. The number of hydrogen-bond donors (Lipinski definition) is 1. The number of aromatic nitrogens is 1. The standard InChI is InChI=1S/C12H16FIN2O2/c1-7(5-12(2,3)18-11(15)17)8-6-16-10(13)4-9(8)14/h4,6-7H,5H2,1-3H3,(H2,15,17). The second-order valence-corrected chi connectivity index (χ2v) is 5.98. The Morgan fingerprint density at radius 3 is 2.78 bits per heavy atom. The highest BCUT2D eigenvalue weighted by molar-refractivity contribution is 14.1. The number of amides is 1. The minimum absolute atomic E-state index is 0.0827. The van der Waals surface area contributed by atoms with Crippen molar-refractivity contribution in [2.24, 2.45) is 5.73 Å². The van der Waals surface area contributed by atoms with Crippen molar-refractivity contribution in [2.45, 2.75) is 38.7 Å². The molecule has 1 heterocycles. The van der Waals surface area contributed by atoms with E-state index >= 15 is 0 Å². The molecule has 2 N–H and O–H groups in total. The number of primary amides is 1. The number of pyridine rings is 1. The second kappa shape index (κ2) is 5.81. The molecule has 0 saturated heterocycles. The summed E-state index contributed by atoms with van der Waals surface area (Å²) in [5.41, 5.74) is 5.28. The number of carbonyl (C=O) groups is 1. The van der Waals surface area contributed by atoms with Crippen LogP contribution in [-0.2, 0) is 4.74 Å². The Hall–Kier alpha value is -0.920. The number of nitrogens with two attached hydrogens (primary N) is 1. The predicted octanol–water partition coefficient (Wildman–Crippen LogP) is 3.19. The molecule has 4 nitrogen and oxygen atoms in total. The van der Waals surface area contributed by atoms with E-state index in [9.17, 15) is 9.18 Å². The smallest absolute Gasteiger partial charge is 0.405 e. The van der Waals surface area contributed by atoms with Crippen LogP contribution >= 0.6 is 22.6 Å². The Bertz CT molecular complexity index is 452. The lowest BCUT2D eigenvalue weighted by Gasteiger charge is -2.27. The molecular formula is C12H16FIN2O2. The van der Waals surface area contributed by atoms with Crippen molar-refractivity contribution in [3.8, 4) is 0 Å². The number of rotatable bonds is 4. The highest BCUT2D eigenvalue weighted by atomic mass is 127. The van der Waals surface area contributed by atoms with Crippen LogP contribution in [0.25, 0.3) is 0 Å². The zero-order chi connectivity index (χ0) is 13.9. The highest BCUT2D eigenvalue weighted by Crippen LogP contribution is 2.30. The molecule has 0 aliphatic heterocycles. The van der Waals surface area contributed by atoms with E-state index in [2.05, 4.69) is 27.6 Å². The Labute approximate surface area is 119 Å². The molecule has 0 fully saturated rings. The summed E-state index contributed by atoms with van der Waals surface area (Å²) in [7, 11) is 0. The first-order valence-electron chi connectivity index (χ1n) is 5.50. The van der Waals surface area contributed by atoms with Crippen LogP contribution in [0.1, 0.15) is 38.7 Å². The van der Waals surface area contributed by atoms with E-state index in [4.69, 9.17) is 10.5 Å². The van der Waals surface area contributed by atoms with Gasteiger partial charge in [-0.3, -0.25) is 0 Å². The van der Waals surface area contributed by atoms with Crippen molar-refractivity contribution in [2.75, 3.05) is 0 Å². The van der Waals surface area contributed by atoms with Crippen LogP contribution in [-0.4, -0.2) is 16.7 Å². The van der Waals surface area contributed by atoms with Crippen molar-refractivity contribution in [1.29, 1.82) is 0 Å². The minimum atomic E-state index is -0.792. The summed E-state index contributed by atoms with van der Waals surface area (Å²) >= 11 is 2.07. The maximum atomic E-state index is 12.9. The molecule has 1 amide bonds. The average molecular weight is 366 g/mol. The van der Waals surface area contributed by atoms with Gasteiger partial charge in [-0.2, -0.15) is 4.39 Å². The molecule has 0 spiro atoms. The molecule has 1 atom stereocenters. The van der Waals surface area contributed by atoms with E-state index in [1.807, 2.05) is 6.92 Å².